The summed E-state index contributed by atoms with van der Waals surface area (Å²) in [5.41, 5.74) is 0. The van der Waals surface area contributed by atoms with Crippen LogP contribution >= 0.6 is 0 Å². The molecule has 0 spiro atoms. The summed E-state index contributed by atoms with van der Waals surface area (Å²) in [6.45, 7) is 11.4. The number of rotatable bonds is 14. The van der Waals surface area contributed by atoms with E-state index in [1.165, 1.54) is 51.4 Å². The van der Waals surface area contributed by atoms with E-state index in [9.17, 15) is 0 Å². The number of aliphatic imine (C=N–C) groups is 1. The average Bonchev–Trinajstić information content (AvgIpc) is 2.48. The fourth-order valence-corrected chi connectivity index (χ4v) is 20.0. The molecule has 126 valence electrons. The van der Waals surface area contributed by atoms with Crippen molar-refractivity contribution in [2.45, 2.75) is 110 Å². The van der Waals surface area contributed by atoms with Crippen molar-refractivity contribution in [3.63, 3.8) is 0 Å². The van der Waals surface area contributed by atoms with Crippen molar-refractivity contribution < 1.29 is 0 Å². The second kappa shape index (κ2) is 14.1. The summed E-state index contributed by atoms with van der Waals surface area (Å²) < 4.78 is 6.63. The van der Waals surface area contributed by atoms with Crippen LogP contribution < -0.4 is 0 Å². The predicted octanol–water partition coefficient (Wildman–Crippen LogP) is 7.09. The zero-order valence-corrected chi connectivity index (χ0v) is 18.4. The first kappa shape index (κ1) is 21.5. The van der Waals surface area contributed by atoms with Gasteiger partial charge in [0.15, 0.2) is 0 Å². The van der Waals surface area contributed by atoms with E-state index in [2.05, 4.69) is 32.7 Å². The van der Waals surface area contributed by atoms with Gasteiger partial charge in [-0.05, 0) is 0 Å². The Labute approximate surface area is 139 Å². The van der Waals surface area contributed by atoms with Crippen molar-refractivity contribution in [3.05, 3.63) is 0 Å². The van der Waals surface area contributed by atoms with Crippen LogP contribution in [0.2, 0.25) is 17.7 Å². The van der Waals surface area contributed by atoms with E-state index in [-0.39, 0.29) is 0 Å². The molecule has 1 atom stereocenters. The molecule has 0 aliphatic carbocycles. The summed E-state index contributed by atoms with van der Waals surface area (Å²) in [7, 11) is 0. The molecular weight excluding hydrogens is 361 g/mol. The van der Waals surface area contributed by atoms with Gasteiger partial charge in [-0.3, -0.25) is 0 Å². The van der Waals surface area contributed by atoms with Crippen molar-refractivity contribution in [2.75, 3.05) is 0 Å². The minimum atomic E-state index is -1.84. The molecule has 0 saturated heterocycles. The Bertz CT molecular complexity index is 228. The summed E-state index contributed by atoms with van der Waals surface area (Å²) in [5.74, 6) is 0. The van der Waals surface area contributed by atoms with E-state index in [4.69, 9.17) is 0 Å². The molecule has 0 saturated carbocycles. The molecule has 0 N–H and O–H groups in total. The summed E-state index contributed by atoms with van der Waals surface area (Å²) in [5, 5.41) is 0. The molecule has 0 fully saturated rings. The van der Waals surface area contributed by atoms with E-state index in [1.54, 1.807) is 17.7 Å². The van der Waals surface area contributed by atoms with Gasteiger partial charge in [-0.15, -0.1) is 0 Å². The third kappa shape index (κ3) is 10.8. The van der Waals surface area contributed by atoms with Crippen molar-refractivity contribution >= 4 is 24.6 Å². The summed E-state index contributed by atoms with van der Waals surface area (Å²) >= 11 is -1.84. The van der Waals surface area contributed by atoms with Gasteiger partial charge in [-0.1, -0.05) is 0 Å². The Morgan fingerprint density at radius 3 is 1.62 bits per heavy atom. The summed E-state index contributed by atoms with van der Waals surface area (Å²) in [6, 6.07) is 0.544. The van der Waals surface area contributed by atoms with Crippen LogP contribution in [0.4, 0.5) is 0 Å². The standard InChI is InChI=1S/C7H14N.3C4H9.Sn/c1-4-6-7(3)8-5-2;3*1-3-4-2;/h5,7H,1,4,6H2,2-3H3;3*1,3-4H2,2H3;/t7-;;;;/m1..../s1. The van der Waals surface area contributed by atoms with Crippen LogP contribution in [0, 0.1) is 0 Å². The van der Waals surface area contributed by atoms with Crippen LogP contribution in [0.3, 0.4) is 0 Å². The molecule has 0 rings (SSSR count). The summed E-state index contributed by atoms with van der Waals surface area (Å²) in [4.78, 5) is 4.53. The first-order valence-electron chi connectivity index (χ1n) is 9.61. The van der Waals surface area contributed by atoms with Crippen LogP contribution in [0.15, 0.2) is 4.99 Å². The van der Waals surface area contributed by atoms with E-state index in [0.717, 1.165) is 0 Å². The first-order valence-corrected chi connectivity index (χ1v) is 17.7. The van der Waals surface area contributed by atoms with Crippen LogP contribution in [0.1, 0.15) is 86.0 Å². The molecular formula is C19H41NSn. The van der Waals surface area contributed by atoms with Gasteiger partial charge in [0.05, 0.1) is 0 Å². The first-order chi connectivity index (χ1) is 10.1. The van der Waals surface area contributed by atoms with Crippen LogP contribution in [0.25, 0.3) is 0 Å². The third-order valence-corrected chi connectivity index (χ3v) is 21.1. The van der Waals surface area contributed by atoms with Crippen LogP contribution in [0.5, 0.6) is 0 Å². The Hall–Kier alpha value is 0.469. The third-order valence-electron chi connectivity index (χ3n) is 4.91. The van der Waals surface area contributed by atoms with Gasteiger partial charge in [-0.25, -0.2) is 0 Å². The van der Waals surface area contributed by atoms with Gasteiger partial charge in [0.1, 0.15) is 0 Å². The molecule has 0 aliphatic heterocycles. The van der Waals surface area contributed by atoms with E-state index in [0.29, 0.717) is 6.04 Å². The Morgan fingerprint density at radius 1 is 0.810 bits per heavy atom. The van der Waals surface area contributed by atoms with E-state index >= 15 is 0 Å². The van der Waals surface area contributed by atoms with Gasteiger partial charge in [0, 0.05) is 0 Å². The summed E-state index contributed by atoms with van der Waals surface area (Å²) in [6.07, 6.45) is 13.4. The van der Waals surface area contributed by atoms with Gasteiger partial charge < -0.3 is 0 Å². The van der Waals surface area contributed by atoms with Crippen molar-refractivity contribution in [2.24, 2.45) is 4.99 Å². The quantitative estimate of drug-likeness (QED) is 0.217. The maximum absolute atomic E-state index is 4.53. The topological polar surface area (TPSA) is 12.4 Å². The zero-order valence-electron chi connectivity index (χ0n) is 15.6. The second-order valence-electron chi connectivity index (χ2n) is 6.96. The fraction of sp³-hybridized carbons (Fsp3) is 0.947. The molecule has 0 heterocycles. The van der Waals surface area contributed by atoms with Gasteiger partial charge >= 0.3 is 139 Å². The molecule has 0 aliphatic rings. The molecule has 1 nitrogen and oxygen atoms in total. The molecule has 0 amide bonds. The molecule has 2 heteroatoms. The second-order valence-corrected chi connectivity index (χ2v) is 21.2. The van der Waals surface area contributed by atoms with Crippen LogP contribution in [-0.4, -0.2) is 30.6 Å². The molecule has 0 bridgehead atoms. The zero-order chi connectivity index (χ0) is 16.0. The van der Waals surface area contributed by atoms with Crippen molar-refractivity contribution in [3.8, 4) is 0 Å². The number of unbranched alkanes of at least 4 members (excludes halogenated alkanes) is 3. The normalized spacial score (nSPS) is 14.0. The average molecular weight is 402 g/mol. The molecule has 0 radical (unpaired) electrons. The Kier molecular flexibility index (Phi) is 14.4. The van der Waals surface area contributed by atoms with Crippen molar-refractivity contribution in [1.82, 2.24) is 0 Å². The maximum atomic E-state index is 4.53. The SMILES string of the molecule is CC=N[C@H](C)CC[CH2][Sn]([CH2]CCC)([CH2]CCC)[CH2]CCC. The fourth-order valence-electron chi connectivity index (χ4n) is 3.51. The molecule has 0 aromatic carbocycles. The molecule has 0 aromatic heterocycles. The predicted molar refractivity (Wildman–Crippen MR) is 103 cm³/mol. The molecule has 0 aromatic rings. The monoisotopic (exact) mass is 403 g/mol. The Morgan fingerprint density at radius 2 is 1.24 bits per heavy atom. The van der Waals surface area contributed by atoms with E-state index in [1.807, 2.05) is 13.1 Å². The van der Waals surface area contributed by atoms with Gasteiger partial charge in [0.2, 0.25) is 0 Å². The molecule has 0 unspecified atom stereocenters. The minimum absolute atomic E-state index is 0.544. The van der Waals surface area contributed by atoms with E-state index < -0.39 is 18.4 Å². The van der Waals surface area contributed by atoms with Crippen molar-refractivity contribution in [1.29, 1.82) is 0 Å². The number of nitrogens with zero attached hydrogens (tertiary/aromatic N) is 1. The van der Waals surface area contributed by atoms with Gasteiger partial charge in [-0.2, -0.15) is 0 Å². The van der Waals surface area contributed by atoms with Gasteiger partial charge in [0.25, 0.3) is 0 Å². The van der Waals surface area contributed by atoms with Crippen LogP contribution in [-0.2, 0) is 0 Å². The number of hydrogen-bond donors (Lipinski definition) is 0. The Balaban J connectivity index is 4.54. The molecule has 21 heavy (non-hydrogen) atoms. The number of hydrogen-bond acceptors (Lipinski definition) is 1.